The maximum Gasteiger partial charge on any atom is 0.237 e. The summed E-state index contributed by atoms with van der Waals surface area (Å²) in [5, 5.41) is 6.33. The topological polar surface area (TPSA) is 64.7 Å². The highest BCUT2D eigenvalue weighted by Gasteiger charge is 2.21. The van der Waals surface area contributed by atoms with E-state index in [1.165, 1.54) is 28.7 Å². The average Bonchev–Trinajstić information content (AvgIpc) is 3.35. The molecule has 5 rings (SSSR count). The second kappa shape index (κ2) is 6.75. The van der Waals surface area contributed by atoms with Gasteiger partial charge in [0, 0.05) is 20.3 Å². The molecular formula is C18H13BrN4OS2. The summed E-state index contributed by atoms with van der Waals surface area (Å²) in [6.45, 7) is 0. The number of halogens is 1. The van der Waals surface area contributed by atoms with Crippen LogP contribution < -0.4 is 0 Å². The van der Waals surface area contributed by atoms with E-state index in [-0.39, 0.29) is 0 Å². The Labute approximate surface area is 166 Å². The molecule has 26 heavy (non-hydrogen) atoms. The van der Waals surface area contributed by atoms with Gasteiger partial charge in [0.2, 0.25) is 11.7 Å². The second-order valence-electron chi connectivity index (χ2n) is 6.03. The molecule has 5 nitrogen and oxygen atoms in total. The van der Waals surface area contributed by atoms with Crippen molar-refractivity contribution < 1.29 is 4.52 Å². The highest BCUT2D eigenvalue weighted by atomic mass is 79.9. The van der Waals surface area contributed by atoms with E-state index in [1.807, 2.05) is 24.3 Å². The lowest BCUT2D eigenvalue weighted by Crippen LogP contribution is -1.88. The molecule has 0 saturated heterocycles. The summed E-state index contributed by atoms with van der Waals surface area (Å²) in [6, 6.07) is 7.87. The van der Waals surface area contributed by atoms with Crippen LogP contribution in [0.15, 0.2) is 44.6 Å². The number of rotatable bonds is 4. The fraction of sp³-hybridized carbons (Fsp3) is 0.222. The van der Waals surface area contributed by atoms with Crippen LogP contribution in [0.2, 0.25) is 0 Å². The van der Waals surface area contributed by atoms with Crippen LogP contribution in [0.5, 0.6) is 0 Å². The fourth-order valence-corrected chi connectivity index (χ4v) is 5.75. The van der Waals surface area contributed by atoms with Crippen molar-refractivity contribution in [3.8, 4) is 11.4 Å². The van der Waals surface area contributed by atoms with E-state index in [2.05, 4.69) is 36.0 Å². The summed E-state index contributed by atoms with van der Waals surface area (Å²) in [5.41, 5.74) is 2.37. The van der Waals surface area contributed by atoms with Crippen LogP contribution in [0.1, 0.15) is 22.8 Å². The predicted molar refractivity (Wildman–Crippen MR) is 106 cm³/mol. The van der Waals surface area contributed by atoms with Gasteiger partial charge in [0.15, 0.2) is 0 Å². The van der Waals surface area contributed by atoms with Crippen molar-refractivity contribution in [3.63, 3.8) is 0 Å². The van der Waals surface area contributed by atoms with Crippen LogP contribution in [0.25, 0.3) is 21.6 Å². The normalized spacial score (nSPS) is 13.4. The standard InChI is InChI=1S/C18H13BrN4OS2/c19-11-4-1-3-10(7-11)16-22-14(24-23-16)8-25-17-15-12-5-2-6-13(12)26-18(15)21-9-20-17/h1,3-4,7,9H,2,5-6,8H2. The first-order valence-corrected chi connectivity index (χ1v) is 10.8. The molecule has 130 valence electrons. The van der Waals surface area contributed by atoms with E-state index >= 15 is 0 Å². The summed E-state index contributed by atoms with van der Waals surface area (Å²) in [4.78, 5) is 16.0. The van der Waals surface area contributed by atoms with Crippen LogP contribution in [0.3, 0.4) is 0 Å². The smallest absolute Gasteiger partial charge is 0.237 e. The van der Waals surface area contributed by atoms with Gasteiger partial charge in [-0.05, 0) is 37.0 Å². The van der Waals surface area contributed by atoms with Gasteiger partial charge in [0.1, 0.15) is 16.2 Å². The SMILES string of the molecule is Brc1cccc(-c2noc(CSc3ncnc4sc5c(c34)CCC5)n2)c1. The zero-order valence-corrected chi connectivity index (χ0v) is 16.8. The predicted octanol–water partition coefficient (Wildman–Crippen LogP) is 5.28. The Hall–Kier alpha value is -1.77. The van der Waals surface area contributed by atoms with Crippen molar-refractivity contribution in [2.24, 2.45) is 0 Å². The molecule has 1 aromatic carbocycles. The lowest BCUT2D eigenvalue weighted by molar-refractivity contribution is 0.391. The average molecular weight is 445 g/mol. The molecule has 1 aliphatic carbocycles. The van der Waals surface area contributed by atoms with E-state index < -0.39 is 0 Å². The quantitative estimate of drug-likeness (QED) is 0.314. The molecule has 4 aromatic rings. The highest BCUT2D eigenvalue weighted by molar-refractivity contribution is 9.10. The molecule has 8 heteroatoms. The van der Waals surface area contributed by atoms with Gasteiger partial charge in [-0.15, -0.1) is 11.3 Å². The largest absolute Gasteiger partial charge is 0.338 e. The van der Waals surface area contributed by atoms with Gasteiger partial charge in [-0.2, -0.15) is 4.98 Å². The number of hydrogen-bond acceptors (Lipinski definition) is 7. The van der Waals surface area contributed by atoms with Crippen LogP contribution in [0.4, 0.5) is 0 Å². The van der Waals surface area contributed by atoms with Crippen LogP contribution in [-0.4, -0.2) is 20.1 Å². The number of aryl methyl sites for hydroxylation is 2. The number of hydrogen-bond donors (Lipinski definition) is 0. The maximum absolute atomic E-state index is 5.43. The lowest BCUT2D eigenvalue weighted by atomic mass is 10.2. The summed E-state index contributed by atoms with van der Waals surface area (Å²) in [6.07, 6.45) is 5.18. The number of benzene rings is 1. The van der Waals surface area contributed by atoms with Gasteiger partial charge in [0.05, 0.1) is 5.75 Å². The molecule has 3 heterocycles. The third-order valence-corrected chi connectivity index (χ3v) is 7.02. The van der Waals surface area contributed by atoms with Gasteiger partial charge < -0.3 is 4.52 Å². The molecule has 0 spiro atoms. The van der Waals surface area contributed by atoms with Crippen molar-refractivity contribution in [2.45, 2.75) is 30.0 Å². The fourth-order valence-electron chi connectivity index (χ4n) is 3.20. The second-order valence-corrected chi connectivity index (χ2v) is 8.99. The van der Waals surface area contributed by atoms with Gasteiger partial charge in [-0.3, -0.25) is 0 Å². The van der Waals surface area contributed by atoms with Crippen LogP contribution in [-0.2, 0) is 18.6 Å². The van der Waals surface area contributed by atoms with E-state index in [0.717, 1.165) is 26.3 Å². The first kappa shape index (κ1) is 16.4. The van der Waals surface area contributed by atoms with Gasteiger partial charge in [0.25, 0.3) is 0 Å². The lowest BCUT2D eigenvalue weighted by Gasteiger charge is -2.01. The summed E-state index contributed by atoms with van der Waals surface area (Å²) in [5.74, 6) is 1.80. The molecule has 0 unspecified atom stereocenters. The first-order valence-electron chi connectivity index (χ1n) is 8.24. The minimum atomic E-state index is 0.595. The Kier molecular flexibility index (Phi) is 4.26. The zero-order valence-electron chi connectivity index (χ0n) is 13.6. The van der Waals surface area contributed by atoms with Gasteiger partial charge in [-0.25, -0.2) is 9.97 Å². The Morgan fingerprint density at radius 2 is 2.19 bits per heavy atom. The molecule has 0 amide bonds. The van der Waals surface area contributed by atoms with E-state index in [4.69, 9.17) is 4.52 Å². The molecule has 1 aliphatic rings. The van der Waals surface area contributed by atoms with Crippen LogP contribution in [0, 0.1) is 0 Å². The number of aromatic nitrogens is 4. The number of thioether (sulfide) groups is 1. The summed E-state index contributed by atoms with van der Waals surface area (Å²) in [7, 11) is 0. The van der Waals surface area contributed by atoms with E-state index in [0.29, 0.717) is 17.5 Å². The molecule has 3 aromatic heterocycles. The third-order valence-electron chi connectivity index (χ3n) is 4.35. The third kappa shape index (κ3) is 2.95. The molecule has 0 atom stereocenters. The van der Waals surface area contributed by atoms with E-state index in [9.17, 15) is 0 Å². The Balaban J connectivity index is 1.40. The van der Waals surface area contributed by atoms with Crippen molar-refractivity contribution in [1.82, 2.24) is 20.1 Å². The Bertz CT molecular complexity index is 1110. The van der Waals surface area contributed by atoms with Gasteiger partial charge >= 0.3 is 0 Å². The minimum Gasteiger partial charge on any atom is -0.338 e. The van der Waals surface area contributed by atoms with E-state index in [1.54, 1.807) is 29.4 Å². The highest BCUT2D eigenvalue weighted by Crippen LogP contribution is 2.40. The molecule has 0 aliphatic heterocycles. The van der Waals surface area contributed by atoms with Gasteiger partial charge in [-0.1, -0.05) is 45.0 Å². The molecule has 0 saturated carbocycles. The van der Waals surface area contributed by atoms with Crippen molar-refractivity contribution in [2.75, 3.05) is 0 Å². The van der Waals surface area contributed by atoms with Crippen molar-refractivity contribution in [1.29, 1.82) is 0 Å². The molecular weight excluding hydrogens is 432 g/mol. The Morgan fingerprint density at radius 3 is 3.12 bits per heavy atom. The zero-order chi connectivity index (χ0) is 17.5. The van der Waals surface area contributed by atoms with Crippen LogP contribution >= 0.6 is 39.0 Å². The summed E-state index contributed by atoms with van der Waals surface area (Å²) >= 11 is 6.91. The molecule has 0 bridgehead atoms. The number of fused-ring (bicyclic) bond motifs is 3. The number of nitrogens with zero attached hydrogens (tertiary/aromatic N) is 4. The van der Waals surface area contributed by atoms with Crippen molar-refractivity contribution >= 4 is 49.2 Å². The molecule has 0 radical (unpaired) electrons. The van der Waals surface area contributed by atoms with Crippen molar-refractivity contribution in [3.05, 3.63) is 51.4 Å². The minimum absolute atomic E-state index is 0.595. The molecule has 0 N–H and O–H groups in total. The molecule has 0 fully saturated rings. The summed E-state index contributed by atoms with van der Waals surface area (Å²) < 4.78 is 6.42. The Morgan fingerprint density at radius 1 is 1.23 bits per heavy atom. The number of thiophene rings is 1. The monoisotopic (exact) mass is 444 g/mol. The maximum atomic E-state index is 5.43. The first-order chi connectivity index (χ1) is 12.8.